The smallest absolute Gasteiger partial charge is 0.332 e. The molecule has 0 spiro atoms. The molecular formula is C26H32N2O9. The van der Waals surface area contributed by atoms with Gasteiger partial charge in [0.05, 0.1) is 13.7 Å². The first-order valence-electron chi connectivity index (χ1n) is 11.9. The Morgan fingerprint density at radius 3 is 2.35 bits per heavy atom. The monoisotopic (exact) mass is 516 g/mol. The van der Waals surface area contributed by atoms with Crippen LogP contribution in [0.25, 0.3) is 0 Å². The van der Waals surface area contributed by atoms with Gasteiger partial charge in [0.25, 0.3) is 5.91 Å². The van der Waals surface area contributed by atoms with Gasteiger partial charge in [-0.3, -0.25) is 14.4 Å². The fourth-order valence-electron chi connectivity index (χ4n) is 3.10. The van der Waals surface area contributed by atoms with Gasteiger partial charge in [0.1, 0.15) is 6.61 Å². The lowest BCUT2D eigenvalue weighted by atomic mass is 10.1. The second-order valence-corrected chi connectivity index (χ2v) is 7.67. The number of rotatable bonds is 15. The van der Waals surface area contributed by atoms with Crippen LogP contribution < -0.4 is 14.8 Å². The van der Waals surface area contributed by atoms with E-state index in [-0.39, 0.29) is 36.6 Å². The van der Waals surface area contributed by atoms with Crippen molar-refractivity contribution in [1.29, 1.82) is 0 Å². The van der Waals surface area contributed by atoms with Gasteiger partial charge in [-0.1, -0.05) is 37.3 Å². The molecule has 1 N–H and O–H groups in total. The minimum absolute atomic E-state index is 0.0576. The van der Waals surface area contributed by atoms with E-state index in [9.17, 15) is 19.2 Å². The molecule has 0 bridgehead atoms. The maximum Gasteiger partial charge on any atom is 0.332 e. The summed E-state index contributed by atoms with van der Waals surface area (Å²) >= 11 is 0. The number of pyridine rings is 1. The van der Waals surface area contributed by atoms with Gasteiger partial charge >= 0.3 is 17.9 Å². The first kappa shape index (κ1) is 29.1. The number of carbonyl (C=O) groups excluding carboxylic acids is 4. The highest BCUT2D eigenvalue weighted by molar-refractivity contribution is 5.98. The number of hydrogen-bond acceptors (Lipinski definition) is 10. The SMILES string of the molecule is CCCC(=O)OCOc1c(OC)ccnc1C(=O)N[C@@H](COC(=O)CCc1ccccc1)C(=O)OCC. The Bertz CT molecular complexity index is 1040. The third-order valence-corrected chi connectivity index (χ3v) is 4.93. The van der Waals surface area contributed by atoms with Gasteiger partial charge in [-0.2, -0.15) is 0 Å². The number of aromatic nitrogens is 1. The van der Waals surface area contributed by atoms with Crippen molar-refractivity contribution in [3.63, 3.8) is 0 Å². The molecule has 0 aliphatic heterocycles. The van der Waals surface area contributed by atoms with E-state index in [4.69, 9.17) is 23.7 Å². The average Bonchev–Trinajstić information content (AvgIpc) is 2.90. The van der Waals surface area contributed by atoms with Gasteiger partial charge in [-0.05, 0) is 25.3 Å². The number of nitrogens with one attached hydrogen (secondary N) is 1. The van der Waals surface area contributed by atoms with Crippen molar-refractivity contribution in [3.05, 3.63) is 53.9 Å². The fraction of sp³-hybridized carbons (Fsp3) is 0.423. The van der Waals surface area contributed by atoms with Crippen LogP contribution in [0.1, 0.15) is 49.2 Å². The summed E-state index contributed by atoms with van der Waals surface area (Å²) in [4.78, 5) is 53.4. The fourth-order valence-corrected chi connectivity index (χ4v) is 3.10. The molecule has 1 atom stereocenters. The van der Waals surface area contributed by atoms with Crippen LogP contribution in [0.2, 0.25) is 0 Å². The Balaban J connectivity index is 2.07. The number of ether oxygens (including phenoxy) is 5. The van der Waals surface area contributed by atoms with Gasteiger partial charge in [-0.15, -0.1) is 0 Å². The summed E-state index contributed by atoms with van der Waals surface area (Å²) in [6, 6.07) is 9.55. The molecule has 200 valence electrons. The van der Waals surface area contributed by atoms with E-state index in [1.54, 1.807) is 6.92 Å². The molecular weight excluding hydrogens is 484 g/mol. The summed E-state index contributed by atoms with van der Waals surface area (Å²) in [6.45, 7) is 2.59. The third kappa shape index (κ3) is 9.79. The molecule has 0 fully saturated rings. The third-order valence-electron chi connectivity index (χ3n) is 4.93. The van der Waals surface area contributed by atoms with Crippen LogP contribution in [-0.2, 0) is 35.0 Å². The molecule has 0 saturated carbocycles. The number of methoxy groups -OCH3 is 1. The molecule has 1 amide bonds. The topological polar surface area (TPSA) is 139 Å². The van der Waals surface area contributed by atoms with E-state index < -0.39 is 43.3 Å². The van der Waals surface area contributed by atoms with Crippen LogP contribution >= 0.6 is 0 Å². The van der Waals surface area contributed by atoms with E-state index in [1.165, 1.54) is 19.4 Å². The average molecular weight is 517 g/mol. The first-order valence-corrected chi connectivity index (χ1v) is 11.9. The number of esters is 3. The highest BCUT2D eigenvalue weighted by Gasteiger charge is 2.28. The predicted molar refractivity (Wildman–Crippen MR) is 131 cm³/mol. The lowest BCUT2D eigenvalue weighted by Gasteiger charge is -2.19. The lowest BCUT2D eigenvalue weighted by molar-refractivity contribution is -0.152. The minimum Gasteiger partial charge on any atom is -0.493 e. The standard InChI is InChI=1S/C26H32N2O9/c1-4-9-21(29)36-17-37-24-20(33-3)14-15-27-23(24)25(31)28-19(26(32)34-5-2)16-35-22(30)13-12-18-10-7-6-8-11-18/h6-8,10-11,14-15,19H,4-5,9,12-13,16-17H2,1-3H3,(H,28,31)/t19-/m0/s1. The molecule has 0 radical (unpaired) electrons. The van der Waals surface area contributed by atoms with Gasteiger partial charge in [0.2, 0.25) is 6.79 Å². The molecule has 1 aromatic carbocycles. The maximum absolute atomic E-state index is 13.0. The summed E-state index contributed by atoms with van der Waals surface area (Å²) in [5.74, 6) is -2.53. The van der Waals surface area contributed by atoms with Crippen molar-refractivity contribution in [3.8, 4) is 11.5 Å². The second kappa shape index (κ2) is 15.8. The van der Waals surface area contributed by atoms with Crippen molar-refractivity contribution < 1.29 is 42.9 Å². The van der Waals surface area contributed by atoms with Crippen LogP contribution in [0.15, 0.2) is 42.6 Å². The summed E-state index contributed by atoms with van der Waals surface area (Å²) in [6.07, 6.45) is 2.70. The number of nitrogens with zero attached hydrogens (tertiary/aromatic N) is 1. The number of carbonyl (C=O) groups is 4. The minimum atomic E-state index is -1.30. The second-order valence-electron chi connectivity index (χ2n) is 7.67. The highest BCUT2D eigenvalue weighted by Crippen LogP contribution is 2.29. The maximum atomic E-state index is 13.0. The summed E-state index contributed by atoms with van der Waals surface area (Å²) in [5.41, 5.74) is 0.738. The molecule has 11 nitrogen and oxygen atoms in total. The van der Waals surface area contributed by atoms with Gasteiger partial charge in [0.15, 0.2) is 23.2 Å². The highest BCUT2D eigenvalue weighted by atomic mass is 16.7. The van der Waals surface area contributed by atoms with Gasteiger partial charge in [0, 0.05) is 25.1 Å². The van der Waals surface area contributed by atoms with E-state index in [0.29, 0.717) is 12.8 Å². The van der Waals surface area contributed by atoms with Crippen molar-refractivity contribution >= 4 is 23.8 Å². The number of aryl methyl sites for hydroxylation is 1. The number of benzene rings is 1. The van der Waals surface area contributed by atoms with Crippen LogP contribution in [-0.4, -0.2) is 62.0 Å². The largest absolute Gasteiger partial charge is 0.493 e. The summed E-state index contributed by atoms with van der Waals surface area (Å²) in [7, 11) is 1.36. The molecule has 0 aliphatic carbocycles. The molecule has 0 aliphatic rings. The summed E-state index contributed by atoms with van der Waals surface area (Å²) < 4.78 is 25.9. The first-order chi connectivity index (χ1) is 17.9. The number of hydrogen-bond donors (Lipinski definition) is 1. The van der Waals surface area contributed by atoms with E-state index in [2.05, 4.69) is 10.3 Å². The van der Waals surface area contributed by atoms with Crippen LogP contribution in [0.5, 0.6) is 11.5 Å². The Labute approximate surface area is 215 Å². The predicted octanol–water partition coefficient (Wildman–Crippen LogP) is 2.61. The zero-order valence-corrected chi connectivity index (χ0v) is 21.2. The number of amides is 1. The summed E-state index contributed by atoms with van der Waals surface area (Å²) in [5, 5.41) is 2.46. The molecule has 0 unspecified atom stereocenters. The Morgan fingerprint density at radius 1 is 0.946 bits per heavy atom. The zero-order chi connectivity index (χ0) is 27.0. The van der Waals surface area contributed by atoms with Gasteiger partial charge < -0.3 is 29.0 Å². The van der Waals surface area contributed by atoms with Crippen LogP contribution in [0, 0.1) is 0 Å². The Hall–Kier alpha value is -4.15. The van der Waals surface area contributed by atoms with Gasteiger partial charge in [-0.25, -0.2) is 9.78 Å². The van der Waals surface area contributed by atoms with Crippen molar-refractivity contribution in [2.24, 2.45) is 0 Å². The molecule has 37 heavy (non-hydrogen) atoms. The lowest BCUT2D eigenvalue weighted by Crippen LogP contribution is -2.45. The molecule has 2 rings (SSSR count). The van der Waals surface area contributed by atoms with E-state index in [1.807, 2.05) is 37.3 Å². The van der Waals surface area contributed by atoms with Crippen molar-refractivity contribution in [2.45, 2.75) is 45.6 Å². The van der Waals surface area contributed by atoms with Crippen molar-refractivity contribution in [1.82, 2.24) is 10.3 Å². The molecule has 0 saturated heterocycles. The Morgan fingerprint density at radius 2 is 1.68 bits per heavy atom. The normalized spacial score (nSPS) is 11.1. The van der Waals surface area contributed by atoms with E-state index >= 15 is 0 Å². The molecule has 11 heteroatoms. The zero-order valence-electron chi connectivity index (χ0n) is 21.2. The molecule has 1 aromatic heterocycles. The van der Waals surface area contributed by atoms with Crippen LogP contribution in [0.4, 0.5) is 0 Å². The molecule has 2 aromatic rings. The molecule has 1 heterocycles. The quantitative estimate of drug-likeness (QED) is 0.213. The van der Waals surface area contributed by atoms with E-state index in [0.717, 1.165) is 5.56 Å². The Kier molecular flexibility index (Phi) is 12.4. The van der Waals surface area contributed by atoms with Crippen molar-refractivity contribution in [2.75, 3.05) is 27.1 Å². The van der Waals surface area contributed by atoms with Crippen LogP contribution in [0.3, 0.4) is 0 Å².